The van der Waals surface area contributed by atoms with Crippen molar-refractivity contribution in [2.75, 3.05) is 20.3 Å². The van der Waals surface area contributed by atoms with Crippen LogP contribution in [-0.4, -0.2) is 40.3 Å². The van der Waals surface area contributed by atoms with Crippen LogP contribution in [0.3, 0.4) is 0 Å². The van der Waals surface area contributed by atoms with Crippen LogP contribution in [0.2, 0.25) is 0 Å². The van der Waals surface area contributed by atoms with E-state index in [1.54, 1.807) is 18.4 Å². The number of nitrogens with zero attached hydrogens (tertiary/aromatic N) is 3. The van der Waals surface area contributed by atoms with Gasteiger partial charge in [0.15, 0.2) is 0 Å². The third-order valence-electron chi connectivity index (χ3n) is 4.09. The molecule has 0 bridgehead atoms. The van der Waals surface area contributed by atoms with Crippen molar-refractivity contribution >= 4 is 33.0 Å². The van der Waals surface area contributed by atoms with Crippen LogP contribution >= 0.6 is 11.3 Å². The molecule has 134 valence electrons. The Morgan fingerprint density at radius 2 is 2.20 bits per heavy atom. The van der Waals surface area contributed by atoms with Crippen LogP contribution in [0.4, 0.5) is 0 Å². The highest BCUT2D eigenvalue weighted by atomic mass is 32.1. The average Bonchev–Trinajstić information content (AvgIpc) is 3.17. The molecular weight excluding hydrogens is 340 g/mol. The van der Waals surface area contributed by atoms with Crippen molar-refractivity contribution in [3.05, 3.63) is 33.7 Å². The maximum Gasteiger partial charge on any atom is 0.291 e. The van der Waals surface area contributed by atoms with Gasteiger partial charge in [0.05, 0.1) is 10.2 Å². The van der Waals surface area contributed by atoms with Gasteiger partial charge in [0, 0.05) is 33.2 Å². The Kier molecular flexibility index (Phi) is 5.50. The van der Waals surface area contributed by atoms with Crippen LogP contribution in [0.1, 0.15) is 25.1 Å². The van der Waals surface area contributed by atoms with Gasteiger partial charge in [-0.05, 0) is 37.3 Å². The van der Waals surface area contributed by atoms with Crippen LogP contribution in [0, 0.1) is 6.92 Å². The largest absolute Gasteiger partial charge is 0.385 e. The van der Waals surface area contributed by atoms with Crippen molar-refractivity contribution in [3.63, 3.8) is 0 Å². The maximum absolute atomic E-state index is 12.6. The molecule has 0 unspecified atom stereocenters. The van der Waals surface area contributed by atoms with Crippen LogP contribution in [0.25, 0.3) is 15.7 Å². The highest BCUT2D eigenvalue weighted by molar-refractivity contribution is 7.17. The van der Waals surface area contributed by atoms with E-state index in [4.69, 9.17) is 4.74 Å². The van der Waals surface area contributed by atoms with Crippen molar-refractivity contribution in [2.24, 2.45) is 0 Å². The van der Waals surface area contributed by atoms with E-state index >= 15 is 0 Å². The van der Waals surface area contributed by atoms with E-state index in [9.17, 15) is 9.59 Å². The predicted octanol–water partition coefficient (Wildman–Crippen LogP) is 1.95. The summed E-state index contributed by atoms with van der Waals surface area (Å²) in [5.74, 6) is 0.761. The van der Waals surface area contributed by atoms with Crippen molar-refractivity contribution in [3.8, 4) is 0 Å². The van der Waals surface area contributed by atoms with Gasteiger partial charge < -0.3 is 10.1 Å². The third kappa shape index (κ3) is 3.74. The minimum atomic E-state index is -0.116. The molecule has 1 N–H and O–H groups in total. The van der Waals surface area contributed by atoms with Gasteiger partial charge in [-0.25, -0.2) is 4.68 Å². The molecule has 0 spiro atoms. The predicted molar refractivity (Wildman–Crippen MR) is 98.3 cm³/mol. The van der Waals surface area contributed by atoms with E-state index in [2.05, 4.69) is 10.4 Å². The van der Waals surface area contributed by atoms with Gasteiger partial charge in [0.2, 0.25) is 5.91 Å². The SMILES string of the molecule is COCCCNC(=O)CCCn1nc(C)n2c(cc3sccc32)c1=O. The van der Waals surface area contributed by atoms with Gasteiger partial charge in [0.25, 0.3) is 5.56 Å². The van der Waals surface area contributed by atoms with Gasteiger partial charge in [-0.15, -0.1) is 11.3 Å². The topological polar surface area (TPSA) is 77.6 Å². The van der Waals surface area contributed by atoms with Crippen LogP contribution in [-0.2, 0) is 16.1 Å². The molecule has 0 aromatic carbocycles. The summed E-state index contributed by atoms with van der Waals surface area (Å²) < 4.78 is 9.38. The Balaban J connectivity index is 1.65. The van der Waals surface area contributed by atoms with E-state index < -0.39 is 0 Å². The van der Waals surface area contributed by atoms with Crippen molar-refractivity contribution < 1.29 is 9.53 Å². The molecule has 0 aliphatic rings. The van der Waals surface area contributed by atoms with Gasteiger partial charge in [-0.2, -0.15) is 5.10 Å². The standard InChI is InChI=1S/C17H22N4O3S/c1-12-19-20(8-3-5-16(22)18-7-4-9-24-2)17(23)14-11-15-13(21(12)14)6-10-25-15/h6,10-11H,3-5,7-9H2,1-2H3,(H,18,22). The monoisotopic (exact) mass is 362 g/mol. The number of carbonyl (C=O) groups is 1. The second kappa shape index (κ2) is 7.79. The number of thiophene rings is 1. The van der Waals surface area contributed by atoms with Crippen molar-refractivity contribution in [2.45, 2.75) is 32.7 Å². The number of ether oxygens (including phenoxy) is 1. The number of aryl methyl sites for hydroxylation is 2. The summed E-state index contributed by atoms with van der Waals surface area (Å²) in [5.41, 5.74) is 1.54. The average molecular weight is 362 g/mol. The quantitative estimate of drug-likeness (QED) is 0.621. The molecule has 7 nitrogen and oxygen atoms in total. The van der Waals surface area contributed by atoms with E-state index in [1.165, 1.54) is 4.68 Å². The lowest BCUT2D eigenvalue weighted by molar-refractivity contribution is -0.121. The highest BCUT2D eigenvalue weighted by Crippen LogP contribution is 2.24. The van der Waals surface area contributed by atoms with Crippen molar-refractivity contribution in [1.29, 1.82) is 0 Å². The number of amides is 1. The number of hydrogen-bond acceptors (Lipinski definition) is 5. The van der Waals surface area contributed by atoms with Crippen LogP contribution in [0.15, 0.2) is 22.3 Å². The van der Waals surface area contributed by atoms with Gasteiger partial charge in [0.1, 0.15) is 11.3 Å². The maximum atomic E-state index is 12.6. The van der Waals surface area contributed by atoms with Crippen LogP contribution < -0.4 is 10.9 Å². The fourth-order valence-corrected chi connectivity index (χ4v) is 3.71. The Morgan fingerprint density at radius 3 is 3.00 bits per heavy atom. The number of nitrogens with one attached hydrogen (secondary N) is 1. The summed E-state index contributed by atoms with van der Waals surface area (Å²) in [5, 5.41) is 9.26. The lowest BCUT2D eigenvalue weighted by Crippen LogP contribution is -2.28. The Hall–Kier alpha value is -2.19. The molecule has 8 heteroatoms. The molecule has 0 aliphatic heterocycles. The molecule has 0 saturated heterocycles. The third-order valence-corrected chi connectivity index (χ3v) is 4.94. The number of rotatable bonds is 8. The fraction of sp³-hybridized carbons (Fsp3) is 0.471. The smallest absolute Gasteiger partial charge is 0.291 e. The highest BCUT2D eigenvalue weighted by Gasteiger charge is 2.13. The van der Waals surface area contributed by atoms with Crippen LogP contribution in [0.5, 0.6) is 0 Å². The molecule has 1 amide bonds. The molecule has 3 aromatic rings. The number of carbonyl (C=O) groups excluding carboxylic acids is 1. The first-order chi connectivity index (χ1) is 12.1. The lowest BCUT2D eigenvalue weighted by atomic mass is 10.3. The molecule has 0 atom stereocenters. The minimum absolute atomic E-state index is 0.00912. The van der Waals surface area contributed by atoms with E-state index in [1.807, 2.05) is 28.8 Å². The second-order valence-electron chi connectivity index (χ2n) is 5.91. The number of methoxy groups -OCH3 is 1. The van der Waals surface area contributed by atoms with Crippen molar-refractivity contribution in [1.82, 2.24) is 19.5 Å². The molecule has 3 aromatic heterocycles. The Morgan fingerprint density at radius 1 is 1.36 bits per heavy atom. The number of aromatic nitrogens is 3. The zero-order valence-electron chi connectivity index (χ0n) is 14.4. The summed E-state index contributed by atoms with van der Waals surface area (Å²) in [6.07, 6.45) is 1.75. The zero-order chi connectivity index (χ0) is 17.8. The first-order valence-electron chi connectivity index (χ1n) is 8.34. The Bertz CT molecular complexity index is 941. The molecule has 0 radical (unpaired) electrons. The summed E-state index contributed by atoms with van der Waals surface area (Å²) >= 11 is 1.61. The molecule has 25 heavy (non-hydrogen) atoms. The molecule has 0 fully saturated rings. The van der Waals surface area contributed by atoms with E-state index in [0.29, 0.717) is 38.1 Å². The first kappa shape index (κ1) is 17.6. The number of hydrogen-bond donors (Lipinski definition) is 1. The summed E-state index contributed by atoms with van der Waals surface area (Å²) in [4.78, 5) is 24.4. The lowest BCUT2D eigenvalue weighted by Gasteiger charge is -2.09. The van der Waals surface area contributed by atoms with E-state index in [0.717, 1.165) is 22.5 Å². The first-order valence-corrected chi connectivity index (χ1v) is 9.22. The zero-order valence-corrected chi connectivity index (χ0v) is 15.3. The summed E-state index contributed by atoms with van der Waals surface area (Å²) in [6, 6.07) is 3.91. The minimum Gasteiger partial charge on any atom is -0.385 e. The molecule has 0 saturated carbocycles. The van der Waals surface area contributed by atoms with Gasteiger partial charge in [-0.1, -0.05) is 0 Å². The molecular formula is C17H22N4O3S. The number of fused-ring (bicyclic) bond motifs is 3. The summed E-state index contributed by atoms with van der Waals surface area (Å²) in [7, 11) is 1.64. The van der Waals surface area contributed by atoms with Gasteiger partial charge >= 0.3 is 0 Å². The fourth-order valence-electron chi connectivity index (χ4n) is 2.90. The Labute approximate surface area is 149 Å². The molecule has 3 rings (SSSR count). The second-order valence-corrected chi connectivity index (χ2v) is 6.86. The van der Waals surface area contributed by atoms with Gasteiger partial charge in [-0.3, -0.25) is 14.0 Å². The molecule has 3 heterocycles. The normalized spacial score (nSPS) is 11.4. The summed E-state index contributed by atoms with van der Waals surface area (Å²) in [6.45, 7) is 3.56. The van der Waals surface area contributed by atoms with E-state index in [-0.39, 0.29) is 11.5 Å². The molecule has 0 aliphatic carbocycles.